The second-order valence-electron chi connectivity index (χ2n) is 14.5. The van der Waals surface area contributed by atoms with Crippen molar-refractivity contribution in [3.8, 4) is 0 Å². The summed E-state index contributed by atoms with van der Waals surface area (Å²) in [6.07, 6.45) is 20.5. The van der Waals surface area contributed by atoms with Gasteiger partial charge in [-0.2, -0.15) is 0 Å². The Morgan fingerprint density at radius 2 is 1.12 bits per heavy atom. The third-order valence-corrected chi connectivity index (χ3v) is 15.2. The second-order valence-corrected chi connectivity index (χ2v) is 17.5. The number of benzene rings is 2. The van der Waals surface area contributed by atoms with Gasteiger partial charge in [0.15, 0.2) is 0 Å². The Morgan fingerprint density at radius 3 is 1.67 bits per heavy atom. The minimum atomic E-state index is 0.0112. The van der Waals surface area contributed by atoms with Gasteiger partial charge in [0.25, 0.3) is 0 Å². The lowest BCUT2D eigenvalue weighted by Gasteiger charge is -2.46. The van der Waals surface area contributed by atoms with Gasteiger partial charge < -0.3 is 10.2 Å². The quantitative estimate of drug-likeness (QED) is 0.352. The van der Waals surface area contributed by atoms with Crippen molar-refractivity contribution in [1.29, 1.82) is 0 Å². The van der Waals surface area contributed by atoms with E-state index in [0.29, 0.717) is 6.04 Å². The van der Waals surface area contributed by atoms with Crippen LogP contribution in [-0.2, 0) is 0 Å². The molecule has 4 aliphatic rings. The van der Waals surface area contributed by atoms with Crippen molar-refractivity contribution in [2.45, 2.75) is 154 Å². The average molecular weight is 585 g/mol. The molecule has 0 radical (unpaired) electrons. The first-order valence-electron chi connectivity index (χ1n) is 17.5. The van der Waals surface area contributed by atoms with Crippen molar-refractivity contribution >= 4 is 13.6 Å². The maximum atomic E-state index is 4.17. The number of aryl methyl sites for hydroxylation is 6. The van der Waals surface area contributed by atoms with Crippen LogP contribution in [0.4, 0.5) is 5.69 Å². The van der Waals surface area contributed by atoms with E-state index in [2.05, 4.69) is 76.0 Å². The third kappa shape index (κ3) is 5.96. The molecule has 0 amide bonds. The van der Waals surface area contributed by atoms with Gasteiger partial charge in [-0.05, 0) is 131 Å². The minimum absolute atomic E-state index is 0.0112. The Hall–Kier alpha value is -1.79. The molecule has 1 saturated heterocycles. The number of nitrogens with one attached hydrogen (secondary N) is 1. The van der Waals surface area contributed by atoms with Crippen molar-refractivity contribution in [3.63, 3.8) is 0 Å². The highest BCUT2D eigenvalue weighted by Crippen LogP contribution is 2.63. The summed E-state index contributed by atoms with van der Waals surface area (Å²) in [6.45, 7) is 14.9. The lowest BCUT2D eigenvalue weighted by molar-refractivity contribution is 0.476. The number of nitrogens with zero attached hydrogens (tertiary/aromatic N) is 1. The summed E-state index contributed by atoms with van der Waals surface area (Å²) in [5.74, 6) is 1.51. The Labute approximate surface area is 258 Å². The maximum Gasteiger partial charge on any atom is 0.106 e. The molecule has 3 heteroatoms. The summed E-state index contributed by atoms with van der Waals surface area (Å²) in [6, 6.07) is 10.0. The summed E-state index contributed by atoms with van der Waals surface area (Å²) in [4.78, 5) is 2.83. The highest BCUT2D eigenvalue weighted by molar-refractivity contribution is 7.60. The summed E-state index contributed by atoms with van der Waals surface area (Å²) >= 11 is 0. The van der Waals surface area contributed by atoms with Gasteiger partial charge in [0.2, 0.25) is 0 Å². The van der Waals surface area contributed by atoms with E-state index < -0.39 is 0 Å². The Balaban J connectivity index is 1.50. The molecule has 4 fully saturated rings. The zero-order valence-corrected chi connectivity index (χ0v) is 28.5. The van der Waals surface area contributed by atoms with Crippen molar-refractivity contribution < 1.29 is 0 Å². The molecule has 2 atom stereocenters. The first-order valence-corrected chi connectivity index (χ1v) is 19.1. The van der Waals surface area contributed by atoms with Gasteiger partial charge in [-0.15, -0.1) is 0 Å². The fourth-order valence-corrected chi connectivity index (χ4v) is 14.4. The SMILES string of the molecule is Cc1cc(C)c(C2CNC(=C3CCCCC3P(C3CCCCC3)C3CCCCC3)N2c2c(C)cc(C)cc2C)c(C)c1. The van der Waals surface area contributed by atoms with E-state index in [1.807, 2.05) is 5.57 Å². The molecule has 3 saturated carbocycles. The molecule has 2 aromatic rings. The van der Waals surface area contributed by atoms with Crippen molar-refractivity contribution in [1.82, 2.24) is 5.32 Å². The molecule has 2 aromatic carbocycles. The van der Waals surface area contributed by atoms with Crippen LogP contribution in [0.15, 0.2) is 35.7 Å². The van der Waals surface area contributed by atoms with Crippen LogP contribution in [0.5, 0.6) is 0 Å². The molecule has 0 spiro atoms. The fourth-order valence-electron chi connectivity index (χ4n) is 9.73. The summed E-state index contributed by atoms with van der Waals surface area (Å²) in [5, 5.41) is 4.17. The molecule has 6 rings (SSSR count). The zero-order chi connectivity index (χ0) is 29.4. The standard InChI is InChI=1S/C39H57N2P/c1-26-21-28(3)37(29(4)22-26)35-25-40-39(41(35)38-30(5)23-27(2)24-31(38)6)34-19-13-14-20-36(34)42(32-15-9-7-10-16-32)33-17-11-8-12-18-33/h21-24,32-33,35-36,40H,7-20,25H2,1-6H3. The minimum Gasteiger partial charge on any atom is -0.369 e. The molecule has 42 heavy (non-hydrogen) atoms. The van der Waals surface area contributed by atoms with Gasteiger partial charge in [0.1, 0.15) is 5.82 Å². The fraction of sp³-hybridized carbons (Fsp3) is 0.641. The van der Waals surface area contributed by atoms with Gasteiger partial charge in [-0.1, -0.05) is 88.3 Å². The number of allylic oxidation sites excluding steroid dienone is 1. The van der Waals surface area contributed by atoms with Crippen molar-refractivity contribution in [2.24, 2.45) is 0 Å². The highest BCUT2D eigenvalue weighted by atomic mass is 31.1. The average Bonchev–Trinajstić information content (AvgIpc) is 3.37. The van der Waals surface area contributed by atoms with E-state index >= 15 is 0 Å². The molecule has 1 heterocycles. The van der Waals surface area contributed by atoms with Crippen LogP contribution in [0.25, 0.3) is 0 Å². The van der Waals surface area contributed by atoms with Crippen LogP contribution in [-0.4, -0.2) is 23.5 Å². The van der Waals surface area contributed by atoms with Gasteiger partial charge in [0.05, 0.1) is 6.04 Å². The Bertz CT molecular complexity index is 1230. The van der Waals surface area contributed by atoms with Crippen LogP contribution in [0.3, 0.4) is 0 Å². The predicted molar refractivity (Wildman–Crippen MR) is 184 cm³/mol. The molecule has 0 aromatic heterocycles. The van der Waals surface area contributed by atoms with E-state index in [-0.39, 0.29) is 7.92 Å². The van der Waals surface area contributed by atoms with Gasteiger partial charge in [-0.25, -0.2) is 0 Å². The molecule has 228 valence electrons. The molecular weight excluding hydrogens is 527 g/mol. The molecule has 3 aliphatic carbocycles. The van der Waals surface area contributed by atoms with Crippen molar-refractivity contribution in [3.05, 3.63) is 74.6 Å². The van der Waals surface area contributed by atoms with E-state index in [1.165, 1.54) is 140 Å². The molecule has 2 unspecified atom stereocenters. The largest absolute Gasteiger partial charge is 0.369 e. The summed E-state index contributed by atoms with van der Waals surface area (Å²) in [7, 11) is 0.0112. The van der Waals surface area contributed by atoms with Crippen LogP contribution in [0.2, 0.25) is 0 Å². The maximum absolute atomic E-state index is 4.17. The van der Waals surface area contributed by atoms with Crippen LogP contribution in [0.1, 0.15) is 135 Å². The topological polar surface area (TPSA) is 15.3 Å². The molecule has 2 nitrogen and oxygen atoms in total. The molecule has 0 bridgehead atoms. The zero-order valence-electron chi connectivity index (χ0n) is 27.6. The lowest BCUT2D eigenvalue weighted by Crippen LogP contribution is -2.33. The van der Waals surface area contributed by atoms with Gasteiger partial charge in [0, 0.05) is 17.9 Å². The van der Waals surface area contributed by atoms with E-state index in [9.17, 15) is 0 Å². The number of anilines is 1. The molecule has 1 N–H and O–H groups in total. The monoisotopic (exact) mass is 584 g/mol. The highest BCUT2D eigenvalue weighted by Gasteiger charge is 2.43. The van der Waals surface area contributed by atoms with E-state index in [0.717, 1.165) is 23.5 Å². The number of hydrogen-bond donors (Lipinski definition) is 1. The van der Waals surface area contributed by atoms with Gasteiger partial charge >= 0.3 is 0 Å². The smallest absolute Gasteiger partial charge is 0.106 e. The summed E-state index contributed by atoms with van der Waals surface area (Å²) in [5.41, 5.74) is 16.2. The Morgan fingerprint density at radius 1 is 0.619 bits per heavy atom. The third-order valence-electron chi connectivity index (χ3n) is 11.2. The molecule has 1 aliphatic heterocycles. The van der Waals surface area contributed by atoms with Crippen LogP contribution in [0, 0.1) is 41.5 Å². The Kier molecular flexibility index (Phi) is 9.40. The van der Waals surface area contributed by atoms with Crippen molar-refractivity contribution in [2.75, 3.05) is 11.4 Å². The summed E-state index contributed by atoms with van der Waals surface area (Å²) < 4.78 is 0. The first-order chi connectivity index (χ1) is 20.3. The second kappa shape index (κ2) is 13.1. The van der Waals surface area contributed by atoms with E-state index in [1.54, 1.807) is 0 Å². The number of rotatable bonds is 5. The number of hydrogen-bond acceptors (Lipinski definition) is 2. The lowest BCUT2D eigenvalue weighted by atomic mass is 9.91. The van der Waals surface area contributed by atoms with E-state index in [4.69, 9.17) is 0 Å². The molecular formula is C39H57N2P. The first kappa shape index (κ1) is 30.2. The van der Waals surface area contributed by atoms with Crippen LogP contribution >= 0.6 is 7.92 Å². The predicted octanol–water partition coefficient (Wildman–Crippen LogP) is 11.0. The normalized spacial score (nSPS) is 26.2. The van der Waals surface area contributed by atoms with Crippen LogP contribution < -0.4 is 10.2 Å². The van der Waals surface area contributed by atoms with Gasteiger partial charge in [-0.3, -0.25) is 0 Å².